The first-order valence-corrected chi connectivity index (χ1v) is 7.53. The van der Waals surface area contributed by atoms with Crippen molar-refractivity contribution in [3.63, 3.8) is 0 Å². The third kappa shape index (κ3) is 3.51. The molecule has 0 aromatic carbocycles. The van der Waals surface area contributed by atoms with E-state index in [2.05, 4.69) is 20.8 Å². The fourth-order valence-electron chi connectivity index (χ4n) is 2.77. The second-order valence-corrected chi connectivity index (χ2v) is 6.07. The molecule has 3 nitrogen and oxygen atoms in total. The summed E-state index contributed by atoms with van der Waals surface area (Å²) in [5.74, 6) is -0.0701. The van der Waals surface area contributed by atoms with Crippen molar-refractivity contribution in [2.24, 2.45) is 5.41 Å². The lowest BCUT2D eigenvalue weighted by molar-refractivity contribution is -0.138. The Balaban J connectivity index is 3.20. The minimum absolute atomic E-state index is 0.00291. The predicted octanol–water partition coefficient (Wildman–Crippen LogP) is 3.92. The van der Waals surface area contributed by atoms with Crippen LogP contribution in [-0.4, -0.2) is 30.0 Å². The molecule has 0 saturated carbocycles. The average Bonchev–Trinajstić information content (AvgIpc) is 2.39. The predicted molar refractivity (Wildman–Crippen MR) is 79.0 cm³/mol. The number of hydrogen-bond donors (Lipinski definition) is 0. The van der Waals surface area contributed by atoms with Crippen LogP contribution >= 0.6 is 11.6 Å². The van der Waals surface area contributed by atoms with Gasteiger partial charge in [0.25, 0.3) is 0 Å². The van der Waals surface area contributed by atoms with E-state index in [9.17, 15) is 4.79 Å². The lowest BCUT2D eigenvalue weighted by Crippen LogP contribution is -2.43. The molecule has 1 aliphatic rings. The molecule has 0 aromatic rings. The van der Waals surface area contributed by atoms with Crippen molar-refractivity contribution in [1.29, 1.82) is 0 Å². The Morgan fingerprint density at radius 3 is 2.63 bits per heavy atom. The molecule has 19 heavy (non-hydrogen) atoms. The lowest BCUT2D eigenvalue weighted by atomic mass is 9.74. The molecule has 0 bridgehead atoms. The van der Waals surface area contributed by atoms with Crippen molar-refractivity contribution in [1.82, 2.24) is 4.90 Å². The molecule has 0 N–H and O–H groups in total. The molecular weight excluding hydrogens is 262 g/mol. The van der Waals surface area contributed by atoms with Crippen LogP contribution in [0.4, 0.5) is 0 Å². The Labute approximate surface area is 121 Å². The van der Waals surface area contributed by atoms with E-state index in [1.807, 2.05) is 6.92 Å². The molecule has 0 heterocycles. The summed E-state index contributed by atoms with van der Waals surface area (Å²) < 4.78 is 5.47. The van der Waals surface area contributed by atoms with Gasteiger partial charge in [0.15, 0.2) is 0 Å². The van der Waals surface area contributed by atoms with Crippen LogP contribution in [0.25, 0.3) is 0 Å². The van der Waals surface area contributed by atoms with Crippen molar-refractivity contribution in [2.75, 3.05) is 13.0 Å². The molecule has 1 rings (SSSR count). The zero-order valence-corrected chi connectivity index (χ0v) is 13.5. The number of halogens is 1. The van der Waals surface area contributed by atoms with E-state index in [-0.39, 0.29) is 23.4 Å². The Morgan fingerprint density at radius 2 is 2.16 bits per heavy atom. The van der Waals surface area contributed by atoms with Gasteiger partial charge in [-0.1, -0.05) is 20.8 Å². The van der Waals surface area contributed by atoms with Gasteiger partial charge in [-0.2, -0.15) is 0 Å². The highest BCUT2D eigenvalue weighted by atomic mass is 35.5. The van der Waals surface area contributed by atoms with Gasteiger partial charge < -0.3 is 4.74 Å². The summed E-state index contributed by atoms with van der Waals surface area (Å²) in [7, 11) is 1.65. The van der Waals surface area contributed by atoms with Crippen molar-refractivity contribution in [3.05, 3.63) is 11.3 Å². The summed E-state index contributed by atoms with van der Waals surface area (Å²) in [6, 6.07) is 0. The second-order valence-electron chi connectivity index (χ2n) is 5.81. The highest BCUT2D eigenvalue weighted by molar-refractivity contribution is 6.27. The van der Waals surface area contributed by atoms with Crippen LogP contribution in [0, 0.1) is 5.41 Å². The first kappa shape index (κ1) is 16.5. The summed E-state index contributed by atoms with van der Waals surface area (Å²) in [5.41, 5.74) is 2.54. The summed E-state index contributed by atoms with van der Waals surface area (Å²) in [5, 5.41) is 0. The highest BCUT2D eigenvalue weighted by Crippen LogP contribution is 2.41. The number of carbonyl (C=O) groups excluding carboxylic acids is 1. The Morgan fingerprint density at radius 1 is 1.53 bits per heavy atom. The molecule has 0 aromatic heterocycles. The van der Waals surface area contributed by atoms with Crippen LogP contribution in [0.2, 0.25) is 0 Å². The van der Waals surface area contributed by atoms with Crippen LogP contribution in [-0.2, 0) is 9.53 Å². The molecular formula is C15H26ClNO2. The number of ether oxygens (including phenoxy) is 1. The minimum Gasteiger partial charge on any atom is -0.361 e. The SMILES string of the molecule is CCC(OC)N(C(=O)CCl)C1=C(C)C(C)(C)CCC1. The van der Waals surface area contributed by atoms with E-state index < -0.39 is 0 Å². The van der Waals surface area contributed by atoms with Crippen LogP contribution in [0.15, 0.2) is 11.3 Å². The van der Waals surface area contributed by atoms with Gasteiger partial charge in [0.1, 0.15) is 12.1 Å². The molecule has 4 heteroatoms. The van der Waals surface area contributed by atoms with E-state index in [1.54, 1.807) is 12.0 Å². The van der Waals surface area contributed by atoms with Crippen LogP contribution in [0.5, 0.6) is 0 Å². The second kappa shape index (κ2) is 6.76. The van der Waals surface area contributed by atoms with Gasteiger partial charge in [0.2, 0.25) is 5.91 Å². The normalized spacial score (nSPS) is 20.3. The van der Waals surface area contributed by atoms with Gasteiger partial charge in [0.05, 0.1) is 0 Å². The molecule has 0 aliphatic heterocycles. The topological polar surface area (TPSA) is 29.5 Å². The number of nitrogens with zero attached hydrogens (tertiary/aromatic N) is 1. The van der Waals surface area contributed by atoms with Gasteiger partial charge in [-0.15, -0.1) is 11.6 Å². The van der Waals surface area contributed by atoms with Gasteiger partial charge in [-0.3, -0.25) is 9.69 Å². The van der Waals surface area contributed by atoms with Gasteiger partial charge in [-0.25, -0.2) is 0 Å². The van der Waals surface area contributed by atoms with Gasteiger partial charge in [0, 0.05) is 12.8 Å². The molecule has 0 fully saturated rings. The number of rotatable bonds is 5. The Bertz CT molecular complexity index is 359. The van der Waals surface area contributed by atoms with Crippen molar-refractivity contribution < 1.29 is 9.53 Å². The maximum atomic E-state index is 12.2. The molecule has 0 spiro atoms. The average molecular weight is 288 g/mol. The number of alkyl halides is 1. The quantitative estimate of drug-likeness (QED) is 0.566. The van der Waals surface area contributed by atoms with E-state index in [1.165, 1.54) is 5.57 Å². The minimum atomic E-state index is -0.218. The van der Waals surface area contributed by atoms with Gasteiger partial charge in [-0.05, 0) is 43.6 Å². The van der Waals surface area contributed by atoms with Crippen LogP contribution in [0.3, 0.4) is 0 Å². The zero-order chi connectivity index (χ0) is 14.6. The lowest BCUT2D eigenvalue weighted by Gasteiger charge is -2.40. The van der Waals surface area contributed by atoms with Crippen LogP contribution < -0.4 is 0 Å². The maximum Gasteiger partial charge on any atom is 0.243 e. The molecule has 0 saturated heterocycles. The largest absolute Gasteiger partial charge is 0.361 e. The number of hydrogen-bond acceptors (Lipinski definition) is 2. The molecule has 1 atom stereocenters. The Hall–Kier alpha value is -0.540. The van der Waals surface area contributed by atoms with E-state index in [0.29, 0.717) is 0 Å². The molecule has 1 amide bonds. The first-order valence-electron chi connectivity index (χ1n) is 7.00. The standard InChI is InChI=1S/C15H26ClNO2/c1-6-14(19-5)17(13(18)10-16)12-8-7-9-15(3,4)11(12)2/h14H,6-10H2,1-5H3. The summed E-state index contributed by atoms with van der Waals surface area (Å²) >= 11 is 5.77. The highest BCUT2D eigenvalue weighted by Gasteiger charge is 2.33. The summed E-state index contributed by atoms with van der Waals surface area (Å²) in [6.45, 7) is 8.62. The van der Waals surface area contributed by atoms with E-state index in [4.69, 9.17) is 16.3 Å². The zero-order valence-electron chi connectivity index (χ0n) is 12.8. The fraction of sp³-hybridized carbons (Fsp3) is 0.800. The van der Waals surface area contributed by atoms with Crippen LogP contribution in [0.1, 0.15) is 53.4 Å². The maximum absolute atomic E-state index is 12.2. The monoisotopic (exact) mass is 287 g/mol. The van der Waals surface area contributed by atoms with E-state index in [0.717, 1.165) is 31.4 Å². The number of methoxy groups -OCH3 is 1. The number of amides is 1. The molecule has 1 aliphatic carbocycles. The fourth-order valence-corrected chi connectivity index (χ4v) is 2.90. The number of allylic oxidation sites excluding steroid dienone is 2. The molecule has 1 unspecified atom stereocenters. The summed E-state index contributed by atoms with van der Waals surface area (Å²) in [6.07, 6.45) is 3.74. The molecule has 0 radical (unpaired) electrons. The number of carbonyl (C=O) groups is 1. The Kier molecular flexibility index (Phi) is 5.87. The van der Waals surface area contributed by atoms with E-state index >= 15 is 0 Å². The van der Waals surface area contributed by atoms with Gasteiger partial charge >= 0.3 is 0 Å². The third-order valence-corrected chi connectivity index (χ3v) is 4.48. The van der Waals surface area contributed by atoms with Crippen molar-refractivity contribution in [3.8, 4) is 0 Å². The smallest absolute Gasteiger partial charge is 0.243 e. The molecule has 110 valence electrons. The van der Waals surface area contributed by atoms with Crippen molar-refractivity contribution in [2.45, 2.75) is 59.6 Å². The van der Waals surface area contributed by atoms with Crippen molar-refractivity contribution >= 4 is 17.5 Å². The summed E-state index contributed by atoms with van der Waals surface area (Å²) in [4.78, 5) is 14.0. The first-order chi connectivity index (χ1) is 8.88. The third-order valence-electron chi connectivity index (χ3n) is 4.25.